The van der Waals surface area contributed by atoms with E-state index in [1.165, 1.54) is 24.8 Å². The van der Waals surface area contributed by atoms with Crippen LogP contribution in [0, 0.1) is 11.8 Å². The van der Waals surface area contributed by atoms with Crippen LogP contribution < -0.4 is 0 Å². The molecule has 0 amide bonds. The monoisotopic (exact) mass is 358 g/mol. The molecule has 0 bridgehead atoms. The predicted octanol–water partition coefficient (Wildman–Crippen LogP) is 4.98. The van der Waals surface area contributed by atoms with Crippen molar-refractivity contribution in [2.24, 2.45) is 0 Å². The Labute approximate surface area is 158 Å². The molecule has 1 heterocycles. The fourth-order valence-electron chi connectivity index (χ4n) is 3.80. The number of hydrogen-bond donors (Lipinski definition) is 1. The van der Waals surface area contributed by atoms with Gasteiger partial charge in [0, 0.05) is 10.9 Å². The summed E-state index contributed by atoms with van der Waals surface area (Å²) in [5.41, 5.74) is 4.19. The number of rotatable bonds is 4. The Kier molecular flexibility index (Phi) is 4.45. The molecule has 136 valence electrons. The second-order valence-electron chi connectivity index (χ2n) is 7.16. The molecule has 0 saturated heterocycles. The molecule has 1 aliphatic carbocycles. The van der Waals surface area contributed by atoms with Gasteiger partial charge >= 0.3 is 5.97 Å². The van der Waals surface area contributed by atoms with Crippen LogP contribution in [0.1, 0.15) is 72.1 Å². The Morgan fingerprint density at radius 2 is 1.96 bits per heavy atom. The quantitative estimate of drug-likeness (QED) is 0.669. The minimum Gasteiger partial charge on any atom is -0.478 e. The maximum atomic E-state index is 11.8. The van der Waals surface area contributed by atoms with Crippen molar-refractivity contribution in [3.8, 4) is 11.8 Å². The van der Waals surface area contributed by atoms with Crippen LogP contribution in [-0.2, 0) is 0 Å². The summed E-state index contributed by atoms with van der Waals surface area (Å²) in [6.45, 7) is 3.82. The van der Waals surface area contributed by atoms with E-state index in [2.05, 4.69) is 48.1 Å². The summed E-state index contributed by atoms with van der Waals surface area (Å²) in [6.07, 6.45) is 5.60. The predicted molar refractivity (Wildman–Crippen MR) is 106 cm³/mol. The molecule has 0 spiro atoms. The number of fused-ring (bicyclic) bond motifs is 1. The third kappa shape index (κ3) is 3.00. The average molecular weight is 358 g/mol. The molecule has 4 nitrogen and oxygen atoms in total. The molecule has 27 heavy (non-hydrogen) atoms. The Hall–Kier alpha value is -3.06. The van der Waals surface area contributed by atoms with Gasteiger partial charge in [-0.2, -0.15) is 5.10 Å². The van der Waals surface area contributed by atoms with E-state index in [1.807, 2.05) is 0 Å². The normalized spacial score (nSPS) is 15.0. The van der Waals surface area contributed by atoms with Gasteiger partial charge in [0.1, 0.15) is 0 Å². The minimum absolute atomic E-state index is 0.0686. The van der Waals surface area contributed by atoms with Gasteiger partial charge in [-0.1, -0.05) is 36.6 Å². The van der Waals surface area contributed by atoms with E-state index in [-0.39, 0.29) is 11.6 Å². The SMILES string of the molecule is CC#Cc1ccc(C(=O)O)c2c1cnn2C(C)c1ccc(C2CCC2)cc1. The minimum atomic E-state index is -0.953. The van der Waals surface area contributed by atoms with Crippen LogP contribution in [0.15, 0.2) is 42.6 Å². The first-order valence-corrected chi connectivity index (χ1v) is 9.36. The van der Waals surface area contributed by atoms with Crippen LogP contribution in [0.25, 0.3) is 10.9 Å². The van der Waals surface area contributed by atoms with Gasteiger partial charge in [0.05, 0.1) is 23.3 Å². The summed E-state index contributed by atoms with van der Waals surface area (Å²) < 4.78 is 1.80. The van der Waals surface area contributed by atoms with Crippen LogP contribution in [0.5, 0.6) is 0 Å². The molecule has 2 aromatic carbocycles. The lowest BCUT2D eigenvalue weighted by Crippen LogP contribution is -2.12. The molecule has 1 saturated carbocycles. The highest BCUT2D eigenvalue weighted by Crippen LogP contribution is 2.37. The van der Waals surface area contributed by atoms with Gasteiger partial charge in [-0.3, -0.25) is 4.68 Å². The first-order chi connectivity index (χ1) is 13.1. The molecular formula is C23H22N2O2. The van der Waals surface area contributed by atoms with Crippen LogP contribution in [0.4, 0.5) is 0 Å². The molecule has 4 rings (SSSR count). The van der Waals surface area contributed by atoms with Gasteiger partial charge in [0.25, 0.3) is 0 Å². The Morgan fingerprint density at radius 1 is 1.22 bits per heavy atom. The molecule has 1 aliphatic rings. The van der Waals surface area contributed by atoms with E-state index in [0.29, 0.717) is 11.4 Å². The summed E-state index contributed by atoms with van der Waals surface area (Å²) >= 11 is 0. The molecule has 1 unspecified atom stereocenters. The zero-order valence-corrected chi connectivity index (χ0v) is 15.6. The summed E-state index contributed by atoms with van der Waals surface area (Å²) in [6, 6.07) is 12.0. The zero-order valence-electron chi connectivity index (χ0n) is 15.6. The molecule has 0 aliphatic heterocycles. The van der Waals surface area contributed by atoms with Gasteiger partial charge in [-0.15, -0.1) is 5.92 Å². The van der Waals surface area contributed by atoms with E-state index in [4.69, 9.17) is 0 Å². The number of carboxylic acids is 1. The number of nitrogens with zero attached hydrogens (tertiary/aromatic N) is 2. The van der Waals surface area contributed by atoms with Crippen molar-refractivity contribution in [1.82, 2.24) is 9.78 Å². The lowest BCUT2D eigenvalue weighted by molar-refractivity contribution is 0.0698. The van der Waals surface area contributed by atoms with Gasteiger partial charge < -0.3 is 5.11 Å². The van der Waals surface area contributed by atoms with E-state index in [0.717, 1.165) is 16.5 Å². The summed E-state index contributed by atoms with van der Waals surface area (Å²) in [5, 5.41) is 15.0. The highest BCUT2D eigenvalue weighted by molar-refractivity contribution is 6.03. The molecule has 0 radical (unpaired) electrons. The first-order valence-electron chi connectivity index (χ1n) is 9.36. The van der Waals surface area contributed by atoms with E-state index < -0.39 is 5.97 Å². The Bertz CT molecular complexity index is 1060. The van der Waals surface area contributed by atoms with E-state index in [1.54, 1.807) is 29.9 Å². The highest BCUT2D eigenvalue weighted by atomic mass is 16.4. The van der Waals surface area contributed by atoms with Crippen LogP contribution >= 0.6 is 0 Å². The fourth-order valence-corrected chi connectivity index (χ4v) is 3.80. The molecular weight excluding hydrogens is 336 g/mol. The van der Waals surface area contributed by atoms with Gasteiger partial charge in [0.15, 0.2) is 0 Å². The zero-order chi connectivity index (χ0) is 19.0. The number of aromatic nitrogens is 2. The number of benzene rings is 2. The molecule has 4 heteroatoms. The van der Waals surface area contributed by atoms with E-state index >= 15 is 0 Å². The summed E-state index contributed by atoms with van der Waals surface area (Å²) in [7, 11) is 0. The average Bonchev–Trinajstić information content (AvgIpc) is 3.06. The second kappa shape index (κ2) is 6.92. The standard InChI is InChI=1S/C23H22N2O2/c1-3-5-19-12-13-20(23(26)27)22-21(19)14-24-25(22)15(2)16-8-10-18(11-9-16)17-6-4-7-17/h8-15,17H,4,6-7H2,1-2H3,(H,26,27). The number of hydrogen-bond acceptors (Lipinski definition) is 2. The van der Waals surface area contributed by atoms with Crippen molar-refractivity contribution in [3.63, 3.8) is 0 Å². The van der Waals surface area contributed by atoms with Crippen molar-refractivity contribution in [2.75, 3.05) is 0 Å². The van der Waals surface area contributed by atoms with Crippen molar-refractivity contribution in [1.29, 1.82) is 0 Å². The summed E-state index contributed by atoms with van der Waals surface area (Å²) in [4.78, 5) is 11.8. The number of carbonyl (C=O) groups is 1. The van der Waals surface area contributed by atoms with Crippen LogP contribution in [0.3, 0.4) is 0 Å². The molecule has 1 aromatic heterocycles. The van der Waals surface area contributed by atoms with Crippen molar-refractivity contribution in [2.45, 2.75) is 45.1 Å². The largest absolute Gasteiger partial charge is 0.478 e. The summed E-state index contributed by atoms with van der Waals surface area (Å²) in [5.74, 6) is 5.68. The fraction of sp³-hybridized carbons (Fsp3) is 0.304. The first kappa shape index (κ1) is 17.4. The lowest BCUT2D eigenvalue weighted by atomic mass is 9.80. The lowest BCUT2D eigenvalue weighted by Gasteiger charge is -2.26. The van der Waals surface area contributed by atoms with Gasteiger partial charge in [-0.05, 0) is 55.9 Å². The molecule has 1 atom stereocenters. The Balaban J connectivity index is 1.79. The number of carboxylic acid groups (broad SMARTS) is 1. The molecule has 3 aromatic rings. The Morgan fingerprint density at radius 3 is 2.56 bits per heavy atom. The smallest absolute Gasteiger partial charge is 0.337 e. The van der Waals surface area contributed by atoms with Crippen LogP contribution in [0.2, 0.25) is 0 Å². The topological polar surface area (TPSA) is 55.1 Å². The highest BCUT2D eigenvalue weighted by Gasteiger charge is 2.22. The van der Waals surface area contributed by atoms with Gasteiger partial charge in [0.2, 0.25) is 0 Å². The van der Waals surface area contributed by atoms with Crippen molar-refractivity contribution in [3.05, 3.63) is 64.8 Å². The van der Waals surface area contributed by atoms with Crippen molar-refractivity contribution < 1.29 is 9.90 Å². The molecule has 1 fully saturated rings. The molecule has 1 N–H and O–H groups in total. The van der Waals surface area contributed by atoms with Gasteiger partial charge in [-0.25, -0.2) is 4.79 Å². The number of aromatic carboxylic acids is 1. The van der Waals surface area contributed by atoms with Crippen LogP contribution in [-0.4, -0.2) is 20.9 Å². The third-order valence-corrected chi connectivity index (χ3v) is 5.61. The maximum Gasteiger partial charge on any atom is 0.337 e. The van der Waals surface area contributed by atoms with Crippen molar-refractivity contribution >= 4 is 16.9 Å². The third-order valence-electron chi connectivity index (χ3n) is 5.61. The van der Waals surface area contributed by atoms with E-state index in [9.17, 15) is 9.90 Å². The maximum absolute atomic E-state index is 11.8. The second-order valence-corrected chi connectivity index (χ2v) is 7.16.